The second-order valence-corrected chi connectivity index (χ2v) is 4.65. The average Bonchev–Trinajstić information content (AvgIpc) is 2.17. The fraction of sp³-hybridized carbons (Fsp3) is 0.846. The molecule has 0 saturated carbocycles. The summed E-state index contributed by atoms with van der Waals surface area (Å²) in [6, 6.07) is 0. The van der Waals surface area contributed by atoms with Crippen molar-refractivity contribution in [3.8, 4) is 0 Å². The Bertz CT molecular complexity index is 226. The minimum atomic E-state index is -0.208. The van der Waals surface area contributed by atoms with E-state index in [2.05, 4.69) is 6.92 Å². The van der Waals surface area contributed by atoms with Gasteiger partial charge in [0.15, 0.2) is 0 Å². The number of hydrogen-bond donors (Lipinski definition) is 1. The number of hydrogen-bond acceptors (Lipinski definition) is 2. The van der Waals surface area contributed by atoms with Gasteiger partial charge in [-0.15, -0.1) is 0 Å². The Morgan fingerprint density at radius 1 is 1.12 bits per heavy atom. The summed E-state index contributed by atoms with van der Waals surface area (Å²) in [5.74, 6) is 0.438. The Balaban J connectivity index is 4.08. The lowest BCUT2D eigenvalue weighted by molar-refractivity contribution is -0.122. The highest BCUT2D eigenvalue weighted by Crippen LogP contribution is 2.22. The number of primary amides is 1. The number of nitrogens with two attached hydrogens (primary N) is 1. The van der Waals surface area contributed by atoms with Gasteiger partial charge in [-0.1, -0.05) is 26.7 Å². The van der Waals surface area contributed by atoms with Crippen LogP contribution in [-0.4, -0.2) is 11.7 Å². The summed E-state index contributed by atoms with van der Waals surface area (Å²) in [6.45, 7) is 5.74. The molecule has 0 aromatic carbocycles. The van der Waals surface area contributed by atoms with Gasteiger partial charge in [0.25, 0.3) is 0 Å². The van der Waals surface area contributed by atoms with Gasteiger partial charge in [-0.2, -0.15) is 0 Å². The summed E-state index contributed by atoms with van der Waals surface area (Å²) in [6.07, 6.45) is 5.36. The van der Waals surface area contributed by atoms with Crippen LogP contribution in [0, 0.1) is 11.8 Å². The van der Waals surface area contributed by atoms with E-state index >= 15 is 0 Å². The van der Waals surface area contributed by atoms with Crippen LogP contribution in [0.3, 0.4) is 0 Å². The molecule has 0 aliphatic heterocycles. The van der Waals surface area contributed by atoms with Crippen molar-refractivity contribution < 1.29 is 9.59 Å². The molecule has 2 atom stereocenters. The normalized spacial score (nSPS) is 14.4. The van der Waals surface area contributed by atoms with Gasteiger partial charge in [0.1, 0.15) is 5.78 Å². The average molecular weight is 227 g/mol. The molecule has 0 aromatic heterocycles. The van der Waals surface area contributed by atoms with Crippen LogP contribution in [0.5, 0.6) is 0 Å². The van der Waals surface area contributed by atoms with Crippen LogP contribution in [0.2, 0.25) is 0 Å². The van der Waals surface area contributed by atoms with Gasteiger partial charge in [0.2, 0.25) is 5.91 Å². The molecule has 0 aromatic rings. The van der Waals surface area contributed by atoms with Crippen LogP contribution in [0.4, 0.5) is 0 Å². The van der Waals surface area contributed by atoms with Gasteiger partial charge in [0, 0.05) is 12.3 Å². The van der Waals surface area contributed by atoms with Gasteiger partial charge in [-0.05, 0) is 32.1 Å². The van der Waals surface area contributed by atoms with Crippen molar-refractivity contribution in [2.45, 2.75) is 59.3 Å². The minimum absolute atomic E-state index is 0.0219. The Morgan fingerprint density at radius 3 is 2.12 bits per heavy atom. The molecule has 94 valence electrons. The molecular weight excluding hydrogens is 202 g/mol. The first kappa shape index (κ1) is 15.1. The summed E-state index contributed by atoms with van der Waals surface area (Å²) in [7, 11) is 0. The third-order valence-corrected chi connectivity index (χ3v) is 3.09. The molecule has 0 saturated heterocycles. The van der Waals surface area contributed by atoms with Crippen LogP contribution in [0.1, 0.15) is 59.3 Å². The molecular formula is C13H25NO2. The first-order valence-corrected chi connectivity index (χ1v) is 6.29. The Labute approximate surface area is 98.8 Å². The smallest absolute Gasteiger partial charge is 0.220 e. The van der Waals surface area contributed by atoms with Gasteiger partial charge >= 0.3 is 0 Å². The maximum Gasteiger partial charge on any atom is 0.220 e. The predicted octanol–water partition coefficient (Wildman–Crippen LogP) is 2.67. The van der Waals surface area contributed by atoms with Crippen LogP contribution < -0.4 is 5.73 Å². The van der Waals surface area contributed by atoms with Crippen molar-refractivity contribution in [1.29, 1.82) is 0 Å². The number of Topliss-reactive ketones (excluding diaryl/α,β-unsaturated/α-hetero) is 1. The standard InChI is InChI=1S/C13H25NO2/c1-4-6-11(9-10(3)15)7-8-12(5-2)13(14)16/h11-12H,4-9H2,1-3H3,(H2,14,16)/t11?,12-/m1/s1. The zero-order chi connectivity index (χ0) is 12.6. The molecule has 0 radical (unpaired) electrons. The highest BCUT2D eigenvalue weighted by molar-refractivity contribution is 5.76. The van der Waals surface area contributed by atoms with Crippen molar-refractivity contribution >= 4 is 11.7 Å². The summed E-state index contributed by atoms with van der Waals surface area (Å²) in [4.78, 5) is 22.2. The molecule has 0 aliphatic carbocycles. The molecule has 1 amide bonds. The Hall–Kier alpha value is -0.860. The maximum absolute atomic E-state index is 11.1. The number of amides is 1. The summed E-state index contributed by atoms with van der Waals surface area (Å²) in [5.41, 5.74) is 5.30. The molecule has 1 unspecified atom stereocenters. The lowest BCUT2D eigenvalue weighted by Gasteiger charge is -2.17. The molecule has 0 spiro atoms. The Kier molecular flexibility index (Phi) is 7.86. The highest BCUT2D eigenvalue weighted by atomic mass is 16.1. The highest BCUT2D eigenvalue weighted by Gasteiger charge is 2.17. The van der Waals surface area contributed by atoms with Gasteiger partial charge in [-0.25, -0.2) is 0 Å². The van der Waals surface area contributed by atoms with E-state index in [0.717, 1.165) is 32.1 Å². The molecule has 0 fully saturated rings. The van der Waals surface area contributed by atoms with E-state index in [-0.39, 0.29) is 17.6 Å². The third-order valence-electron chi connectivity index (χ3n) is 3.09. The van der Waals surface area contributed by atoms with Crippen molar-refractivity contribution in [1.82, 2.24) is 0 Å². The van der Waals surface area contributed by atoms with Crippen molar-refractivity contribution in [2.24, 2.45) is 17.6 Å². The van der Waals surface area contributed by atoms with Crippen LogP contribution >= 0.6 is 0 Å². The molecule has 2 N–H and O–H groups in total. The lowest BCUT2D eigenvalue weighted by atomic mass is 9.88. The third kappa shape index (κ3) is 6.59. The maximum atomic E-state index is 11.1. The van der Waals surface area contributed by atoms with Crippen molar-refractivity contribution in [2.75, 3.05) is 0 Å². The number of carbonyl (C=O) groups is 2. The molecule has 16 heavy (non-hydrogen) atoms. The van der Waals surface area contributed by atoms with E-state index in [1.54, 1.807) is 6.92 Å². The van der Waals surface area contributed by atoms with Gasteiger partial charge < -0.3 is 10.5 Å². The van der Waals surface area contributed by atoms with Crippen LogP contribution in [-0.2, 0) is 9.59 Å². The second kappa shape index (κ2) is 8.31. The molecule has 0 heterocycles. The summed E-state index contributed by atoms with van der Waals surface area (Å²) in [5, 5.41) is 0. The van der Waals surface area contributed by atoms with E-state index < -0.39 is 0 Å². The molecule has 3 nitrogen and oxygen atoms in total. The molecule has 0 bridgehead atoms. The minimum Gasteiger partial charge on any atom is -0.369 e. The number of carbonyl (C=O) groups excluding carboxylic acids is 2. The summed E-state index contributed by atoms with van der Waals surface area (Å²) >= 11 is 0. The van der Waals surface area contributed by atoms with E-state index in [0.29, 0.717) is 12.3 Å². The largest absolute Gasteiger partial charge is 0.369 e. The zero-order valence-corrected chi connectivity index (χ0v) is 10.8. The predicted molar refractivity (Wildman–Crippen MR) is 65.9 cm³/mol. The second-order valence-electron chi connectivity index (χ2n) is 4.65. The van der Waals surface area contributed by atoms with Gasteiger partial charge in [-0.3, -0.25) is 4.79 Å². The first-order valence-electron chi connectivity index (χ1n) is 6.29. The fourth-order valence-electron chi connectivity index (χ4n) is 2.15. The quantitative estimate of drug-likeness (QED) is 0.658. The SMILES string of the molecule is CCCC(CC[C@@H](CC)C(N)=O)CC(C)=O. The monoisotopic (exact) mass is 227 g/mol. The van der Waals surface area contributed by atoms with E-state index in [1.165, 1.54) is 0 Å². The van der Waals surface area contributed by atoms with Crippen molar-refractivity contribution in [3.63, 3.8) is 0 Å². The van der Waals surface area contributed by atoms with Gasteiger partial charge in [0.05, 0.1) is 0 Å². The first-order chi connectivity index (χ1) is 7.51. The number of ketones is 1. The summed E-state index contributed by atoms with van der Waals surface area (Å²) < 4.78 is 0. The Morgan fingerprint density at radius 2 is 1.75 bits per heavy atom. The fourth-order valence-corrected chi connectivity index (χ4v) is 2.15. The van der Waals surface area contributed by atoms with Crippen molar-refractivity contribution in [3.05, 3.63) is 0 Å². The van der Waals surface area contributed by atoms with E-state index in [4.69, 9.17) is 5.73 Å². The topological polar surface area (TPSA) is 60.2 Å². The zero-order valence-electron chi connectivity index (χ0n) is 10.8. The van der Waals surface area contributed by atoms with E-state index in [1.807, 2.05) is 6.92 Å². The molecule has 0 rings (SSSR count). The van der Waals surface area contributed by atoms with E-state index in [9.17, 15) is 9.59 Å². The van der Waals surface area contributed by atoms with Crippen LogP contribution in [0.15, 0.2) is 0 Å². The molecule has 0 aliphatic rings. The lowest BCUT2D eigenvalue weighted by Crippen LogP contribution is -2.23. The van der Waals surface area contributed by atoms with Crippen LogP contribution in [0.25, 0.3) is 0 Å². The number of rotatable bonds is 9. The molecule has 3 heteroatoms.